The Hall–Kier alpha value is -2.35. The highest BCUT2D eigenvalue weighted by molar-refractivity contribution is 9.10. The summed E-state index contributed by atoms with van der Waals surface area (Å²) >= 11 is 4.42. The molecule has 0 fully saturated rings. The van der Waals surface area contributed by atoms with Gasteiger partial charge in [0.05, 0.1) is 29.5 Å². The van der Waals surface area contributed by atoms with E-state index in [1.807, 2.05) is 0 Å². The van der Waals surface area contributed by atoms with Gasteiger partial charge in [-0.2, -0.15) is 5.26 Å². The average Bonchev–Trinajstić information content (AvgIpc) is 2.74. The molecule has 0 bridgehead atoms. The predicted molar refractivity (Wildman–Crippen MR) is 115 cm³/mol. The number of hydrogen-bond acceptors (Lipinski definition) is 7. The van der Waals surface area contributed by atoms with Crippen molar-refractivity contribution in [1.29, 1.82) is 5.26 Å². The van der Waals surface area contributed by atoms with Crippen LogP contribution >= 0.6 is 27.7 Å². The van der Waals surface area contributed by atoms with Crippen LogP contribution in [0.5, 0.6) is 0 Å². The molecule has 0 unspecified atom stereocenters. The molecule has 1 aliphatic heterocycles. The van der Waals surface area contributed by atoms with Crippen molar-refractivity contribution in [2.45, 2.75) is 12.3 Å². The highest BCUT2D eigenvalue weighted by Gasteiger charge is 2.44. The third-order valence-electron chi connectivity index (χ3n) is 4.39. The molecule has 1 aromatic rings. The van der Waals surface area contributed by atoms with E-state index in [2.05, 4.69) is 32.6 Å². The Morgan fingerprint density at radius 3 is 2.77 bits per heavy atom. The predicted octanol–water partition coefficient (Wildman–Crippen LogP) is 2.07. The van der Waals surface area contributed by atoms with Crippen molar-refractivity contribution in [1.82, 2.24) is 10.6 Å². The fourth-order valence-electron chi connectivity index (χ4n) is 3.01. The number of halogens is 1. The van der Waals surface area contributed by atoms with Crippen LogP contribution in [0.25, 0.3) is 0 Å². The second kappa shape index (κ2) is 11.7. The normalized spacial score (nSPS) is 18.4. The van der Waals surface area contributed by atoms with E-state index in [9.17, 15) is 19.6 Å². The second-order valence-corrected chi connectivity index (χ2v) is 8.26. The lowest BCUT2D eigenvalue weighted by Crippen LogP contribution is -2.44. The van der Waals surface area contributed by atoms with E-state index >= 15 is 0 Å². The number of allylic oxidation sites excluding steroid dienone is 1. The minimum Gasteiger partial charge on any atom is -0.468 e. The van der Waals surface area contributed by atoms with Gasteiger partial charge < -0.3 is 20.1 Å². The fourth-order valence-corrected chi connectivity index (χ4v) is 4.31. The molecule has 0 saturated heterocycles. The summed E-state index contributed by atoms with van der Waals surface area (Å²) in [6, 6.07) is 9.17. The van der Waals surface area contributed by atoms with Gasteiger partial charge in [-0.1, -0.05) is 39.8 Å². The number of carbonyl (C=O) groups is 3. The lowest BCUT2D eigenvalue weighted by molar-refractivity contribution is -0.150. The van der Waals surface area contributed by atoms with Crippen molar-refractivity contribution in [3.05, 3.63) is 44.9 Å². The summed E-state index contributed by atoms with van der Waals surface area (Å²) in [5.74, 6) is -3.54. The number of thioether (sulfide) groups is 1. The van der Waals surface area contributed by atoms with Crippen LogP contribution in [-0.4, -0.2) is 50.9 Å². The van der Waals surface area contributed by atoms with Crippen molar-refractivity contribution in [3.8, 4) is 6.07 Å². The summed E-state index contributed by atoms with van der Waals surface area (Å²) in [5, 5.41) is 15.4. The largest absolute Gasteiger partial charge is 0.468 e. The highest BCUT2D eigenvalue weighted by atomic mass is 79.9. The summed E-state index contributed by atoms with van der Waals surface area (Å²) in [6.45, 7) is 1.01. The van der Waals surface area contributed by atoms with Crippen LogP contribution in [0.15, 0.2) is 39.3 Å². The number of nitriles is 1. The van der Waals surface area contributed by atoms with Gasteiger partial charge in [-0.05, 0) is 24.1 Å². The van der Waals surface area contributed by atoms with Crippen LogP contribution in [0, 0.1) is 17.2 Å². The first-order valence-electron chi connectivity index (χ1n) is 9.09. The SMILES string of the molecule is COCCCNC(=O)CSC1=C(C#N)[C@@H](c2cccc(Br)c2)[C@H](C(=O)OC)C(=O)N1. The zero-order valence-corrected chi connectivity index (χ0v) is 19.0. The minimum atomic E-state index is -1.20. The molecule has 1 aromatic carbocycles. The van der Waals surface area contributed by atoms with E-state index in [1.54, 1.807) is 31.4 Å². The lowest BCUT2D eigenvalue weighted by Gasteiger charge is -2.31. The number of nitrogens with one attached hydrogen (secondary N) is 2. The van der Waals surface area contributed by atoms with Crippen LogP contribution in [-0.2, 0) is 23.9 Å². The highest BCUT2D eigenvalue weighted by Crippen LogP contribution is 2.40. The van der Waals surface area contributed by atoms with Crippen LogP contribution in [0.1, 0.15) is 17.9 Å². The molecule has 1 heterocycles. The standard InChI is InChI=1S/C20H22BrN3O5S/c1-28-8-4-7-23-15(25)11-30-19-14(10-22)16(12-5-3-6-13(21)9-12)17(18(26)24-19)20(27)29-2/h3,5-6,9,16-17H,4,7-8,11H2,1-2H3,(H,23,25)(H,24,26)/t16-,17+/m1/s1. The molecular weight excluding hydrogens is 474 g/mol. The van der Waals surface area contributed by atoms with Gasteiger partial charge in [0.1, 0.15) is 5.92 Å². The molecular formula is C20H22BrN3O5S. The molecule has 10 heteroatoms. The van der Waals surface area contributed by atoms with Gasteiger partial charge in [-0.25, -0.2) is 0 Å². The molecule has 8 nitrogen and oxygen atoms in total. The molecule has 0 aromatic heterocycles. The average molecular weight is 496 g/mol. The minimum absolute atomic E-state index is 0.0157. The Balaban J connectivity index is 2.30. The van der Waals surface area contributed by atoms with E-state index in [4.69, 9.17) is 9.47 Å². The Labute approximate surface area is 187 Å². The number of methoxy groups -OCH3 is 2. The number of amides is 2. The fraction of sp³-hybridized carbons (Fsp3) is 0.400. The Bertz CT molecular complexity index is 883. The third kappa shape index (κ3) is 6.08. The molecule has 0 aliphatic carbocycles. The molecule has 2 N–H and O–H groups in total. The molecule has 30 heavy (non-hydrogen) atoms. The topological polar surface area (TPSA) is 118 Å². The molecule has 0 spiro atoms. The van der Waals surface area contributed by atoms with Crippen LogP contribution in [0.2, 0.25) is 0 Å². The molecule has 160 valence electrons. The van der Waals surface area contributed by atoms with E-state index in [1.165, 1.54) is 7.11 Å². The van der Waals surface area contributed by atoms with Crippen LogP contribution in [0.3, 0.4) is 0 Å². The number of ether oxygens (including phenoxy) is 2. The second-order valence-electron chi connectivity index (χ2n) is 6.36. The first kappa shape index (κ1) is 23.9. The molecule has 2 atom stereocenters. The maximum atomic E-state index is 12.7. The zero-order valence-electron chi connectivity index (χ0n) is 16.6. The van der Waals surface area contributed by atoms with Gasteiger partial charge in [0, 0.05) is 30.7 Å². The first-order chi connectivity index (χ1) is 14.4. The molecule has 1 aliphatic rings. The Kier molecular flexibility index (Phi) is 9.36. The lowest BCUT2D eigenvalue weighted by atomic mass is 9.78. The maximum absolute atomic E-state index is 12.7. The quantitative estimate of drug-likeness (QED) is 0.305. The van der Waals surface area contributed by atoms with Gasteiger partial charge in [-0.15, -0.1) is 0 Å². The van der Waals surface area contributed by atoms with Crippen LogP contribution in [0.4, 0.5) is 0 Å². The van der Waals surface area contributed by atoms with E-state index in [-0.39, 0.29) is 22.3 Å². The van der Waals surface area contributed by atoms with Gasteiger partial charge >= 0.3 is 5.97 Å². The molecule has 2 rings (SSSR count). The summed E-state index contributed by atoms with van der Waals surface area (Å²) in [6.07, 6.45) is 0.682. The molecule has 0 radical (unpaired) electrons. The molecule has 2 amide bonds. The number of rotatable bonds is 9. The molecule has 0 saturated carbocycles. The van der Waals surface area contributed by atoms with E-state index < -0.39 is 23.7 Å². The van der Waals surface area contributed by atoms with Crippen molar-refractivity contribution in [3.63, 3.8) is 0 Å². The number of esters is 1. The number of hydrogen-bond donors (Lipinski definition) is 2. The maximum Gasteiger partial charge on any atom is 0.319 e. The summed E-state index contributed by atoms with van der Waals surface area (Å²) in [5.41, 5.74) is 0.827. The Morgan fingerprint density at radius 2 is 2.13 bits per heavy atom. The number of carbonyl (C=O) groups excluding carboxylic acids is 3. The smallest absolute Gasteiger partial charge is 0.319 e. The van der Waals surface area contributed by atoms with E-state index in [0.29, 0.717) is 25.1 Å². The summed E-state index contributed by atoms with van der Waals surface area (Å²) < 4.78 is 10.5. The van der Waals surface area contributed by atoms with E-state index in [0.717, 1.165) is 16.2 Å². The Morgan fingerprint density at radius 1 is 1.37 bits per heavy atom. The van der Waals surface area contributed by atoms with Gasteiger partial charge in [0.15, 0.2) is 0 Å². The number of benzene rings is 1. The van der Waals surface area contributed by atoms with Crippen molar-refractivity contribution >= 4 is 45.5 Å². The van der Waals surface area contributed by atoms with Gasteiger partial charge in [0.2, 0.25) is 11.8 Å². The van der Waals surface area contributed by atoms with Crippen LogP contribution < -0.4 is 10.6 Å². The first-order valence-corrected chi connectivity index (χ1v) is 10.9. The zero-order chi connectivity index (χ0) is 22.1. The van der Waals surface area contributed by atoms with Crippen molar-refractivity contribution < 1.29 is 23.9 Å². The summed E-state index contributed by atoms with van der Waals surface area (Å²) in [7, 11) is 2.78. The van der Waals surface area contributed by atoms with Gasteiger partial charge in [0.25, 0.3) is 0 Å². The monoisotopic (exact) mass is 495 g/mol. The summed E-state index contributed by atoms with van der Waals surface area (Å²) in [4.78, 5) is 37.1. The van der Waals surface area contributed by atoms with Gasteiger partial charge in [-0.3, -0.25) is 14.4 Å². The van der Waals surface area contributed by atoms with Crippen molar-refractivity contribution in [2.24, 2.45) is 5.92 Å². The van der Waals surface area contributed by atoms with Crippen molar-refractivity contribution in [2.75, 3.05) is 33.1 Å². The third-order valence-corrected chi connectivity index (χ3v) is 5.90. The number of nitrogens with zero attached hydrogens (tertiary/aromatic N) is 1.